The molecule has 0 amide bonds. The fourth-order valence-electron chi connectivity index (χ4n) is 4.39. The monoisotopic (exact) mass is 476 g/mol. The molecule has 2 aromatic heterocycles. The van der Waals surface area contributed by atoms with E-state index in [1.54, 1.807) is 0 Å². The number of aryl methyl sites for hydroxylation is 1. The van der Waals surface area contributed by atoms with Gasteiger partial charge in [0.25, 0.3) is 0 Å². The Balaban J connectivity index is 1.43. The summed E-state index contributed by atoms with van der Waals surface area (Å²) < 4.78 is 0. The number of aromatic nitrogens is 4. The van der Waals surface area contributed by atoms with Crippen molar-refractivity contribution in [3.05, 3.63) is 133 Å². The number of pyridine rings is 1. The molecule has 0 spiro atoms. The molecule has 4 heteroatoms. The average Bonchev–Trinajstić information content (AvgIpc) is 2.98. The quantitative estimate of drug-likeness (QED) is 0.254. The topological polar surface area (TPSA) is 51.6 Å². The van der Waals surface area contributed by atoms with Crippen LogP contribution in [0.1, 0.15) is 5.56 Å². The minimum absolute atomic E-state index is 0.632. The van der Waals surface area contributed by atoms with Gasteiger partial charge in [-0.2, -0.15) is 0 Å². The number of benzene rings is 4. The van der Waals surface area contributed by atoms with Crippen LogP contribution in [0, 0.1) is 6.92 Å². The van der Waals surface area contributed by atoms with Crippen LogP contribution in [-0.2, 0) is 0 Å². The lowest BCUT2D eigenvalue weighted by molar-refractivity contribution is 1.07. The lowest BCUT2D eigenvalue weighted by Gasteiger charge is -2.11. The molecule has 0 radical (unpaired) electrons. The molecule has 37 heavy (non-hydrogen) atoms. The van der Waals surface area contributed by atoms with E-state index >= 15 is 0 Å². The fraction of sp³-hybridized carbons (Fsp3) is 0.0303. The number of hydrogen-bond acceptors (Lipinski definition) is 4. The van der Waals surface area contributed by atoms with Crippen LogP contribution in [0.4, 0.5) is 0 Å². The molecule has 0 aliphatic carbocycles. The molecule has 4 aromatic carbocycles. The van der Waals surface area contributed by atoms with Crippen molar-refractivity contribution in [1.82, 2.24) is 19.9 Å². The van der Waals surface area contributed by atoms with Crippen molar-refractivity contribution in [3.63, 3.8) is 0 Å². The first kappa shape index (κ1) is 22.5. The van der Waals surface area contributed by atoms with E-state index in [0.717, 1.165) is 33.5 Å². The van der Waals surface area contributed by atoms with E-state index in [2.05, 4.69) is 37.3 Å². The molecule has 0 saturated heterocycles. The molecular weight excluding hydrogens is 452 g/mol. The molecule has 176 valence electrons. The van der Waals surface area contributed by atoms with Crippen LogP contribution in [0.3, 0.4) is 0 Å². The zero-order chi connectivity index (χ0) is 25.0. The summed E-state index contributed by atoms with van der Waals surface area (Å²) in [6, 6.07) is 40.8. The van der Waals surface area contributed by atoms with Gasteiger partial charge in [-0.25, -0.2) is 15.0 Å². The lowest BCUT2D eigenvalue weighted by atomic mass is 10.00. The molecule has 4 nitrogen and oxygen atoms in total. The molecule has 0 aliphatic heterocycles. The van der Waals surface area contributed by atoms with Gasteiger partial charge in [0.05, 0.1) is 5.69 Å². The Morgan fingerprint density at radius 2 is 0.892 bits per heavy atom. The maximum absolute atomic E-state index is 4.86. The van der Waals surface area contributed by atoms with Crippen molar-refractivity contribution >= 4 is 0 Å². The normalized spacial score (nSPS) is 10.8. The largest absolute Gasteiger partial charge is 0.256 e. The molecule has 0 N–H and O–H groups in total. The number of nitrogens with zero attached hydrogens (tertiary/aromatic N) is 4. The second kappa shape index (κ2) is 9.96. The molecule has 6 aromatic rings. The van der Waals surface area contributed by atoms with Gasteiger partial charge in [-0.1, -0.05) is 109 Å². The third kappa shape index (κ3) is 4.78. The van der Waals surface area contributed by atoms with Gasteiger partial charge < -0.3 is 0 Å². The SMILES string of the molecule is Cc1cc(-c2cccc(-c3nc(-c4ccccc4)nc(-c4ccccc4)n3)c2)ncc1-c1ccccc1. The van der Waals surface area contributed by atoms with Crippen molar-refractivity contribution in [2.24, 2.45) is 0 Å². The van der Waals surface area contributed by atoms with Gasteiger partial charge in [0.1, 0.15) is 0 Å². The Kier molecular flexibility index (Phi) is 6.05. The first-order valence-corrected chi connectivity index (χ1v) is 12.2. The van der Waals surface area contributed by atoms with E-state index in [-0.39, 0.29) is 0 Å². The van der Waals surface area contributed by atoms with Crippen molar-refractivity contribution in [2.75, 3.05) is 0 Å². The maximum atomic E-state index is 4.86. The van der Waals surface area contributed by atoms with Gasteiger partial charge in [0, 0.05) is 34.0 Å². The van der Waals surface area contributed by atoms with Crippen LogP contribution in [-0.4, -0.2) is 19.9 Å². The van der Waals surface area contributed by atoms with Gasteiger partial charge in [-0.3, -0.25) is 4.98 Å². The van der Waals surface area contributed by atoms with Crippen LogP contribution in [0.5, 0.6) is 0 Å². The van der Waals surface area contributed by atoms with Gasteiger partial charge in [0.15, 0.2) is 17.5 Å². The predicted molar refractivity (Wildman–Crippen MR) is 150 cm³/mol. The summed E-state index contributed by atoms with van der Waals surface area (Å²) in [6.07, 6.45) is 1.95. The highest BCUT2D eigenvalue weighted by atomic mass is 15.0. The zero-order valence-electron chi connectivity index (χ0n) is 20.4. The summed E-state index contributed by atoms with van der Waals surface area (Å²) >= 11 is 0. The maximum Gasteiger partial charge on any atom is 0.164 e. The van der Waals surface area contributed by atoms with Crippen molar-refractivity contribution < 1.29 is 0 Å². The zero-order valence-corrected chi connectivity index (χ0v) is 20.4. The van der Waals surface area contributed by atoms with Gasteiger partial charge in [-0.15, -0.1) is 0 Å². The third-order valence-corrected chi connectivity index (χ3v) is 6.31. The van der Waals surface area contributed by atoms with Gasteiger partial charge in [0.2, 0.25) is 0 Å². The molecule has 0 bridgehead atoms. The fourth-order valence-corrected chi connectivity index (χ4v) is 4.39. The van der Waals surface area contributed by atoms with E-state index in [1.165, 1.54) is 11.1 Å². The van der Waals surface area contributed by atoms with E-state index in [9.17, 15) is 0 Å². The summed E-state index contributed by atoms with van der Waals surface area (Å²) in [4.78, 5) is 19.3. The third-order valence-electron chi connectivity index (χ3n) is 6.31. The Bertz CT molecular complexity index is 1610. The molecule has 2 heterocycles. The predicted octanol–water partition coefficient (Wildman–Crippen LogP) is 7.91. The standard InChI is InChI=1S/C33H24N4/c1-23-20-30(34-22-29(23)24-12-5-2-6-13-24)27-18-11-19-28(21-27)33-36-31(25-14-7-3-8-15-25)35-32(37-33)26-16-9-4-10-17-26/h2-22H,1H3. The van der Waals surface area contributed by atoms with E-state index in [1.807, 2.05) is 97.2 Å². The molecule has 0 atom stereocenters. The molecular formula is C33H24N4. The summed E-state index contributed by atoms with van der Waals surface area (Å²) in [5.41, 5.74) is 8.24. The Morgan fingerprint density at radius 1 is 0.432 bits per heavy atom. The van der Waals surface area contributed by atoms with Gasteiger partial charge in [-0.05, 0) is 30.2 Å². The number of hydrogen-bond donors (Lipinski definition) is 0. The summed E-state index contributed by atoms with van der Waals surface area (Å²) in [5.74, 6) is 1.93. The Morgan fingerprint density at radius 3 is 1.43 bits per heavy atom. The van der Waals surface area contributed by atoms with Crippen molar-refractivity contribution in [3.8, 4) is 56.5 Å². The second-order valence-corrected chi connectivity index (χ2v) is 8.87. The minimum Gasteiger partial charge on any atom is -0.256 e. The van der Waals surface area contributed by atoms with Crippen LogP contribution in [0.25, 0.3) is 56.5 Å². The lowest BCUT2D eigenvalue weighted by Crippen LogP contribution is -2.00. The van der Waals surface area contributed by atoms with Crippen LogP contribution in [0.15, 0.2) is 128 Å². The molecule has 0 unspecified atom stereocenters. The van der Waals surface area contributed by atoms with E-state index in [4.69, 9.17) is 19.9 Å². The summed E-state index contributed by atoms with van der Waals surface area (Å²) in [7, 11) is 0. The molecule has 6 rings (SSSR count). The van der Waals surface area contributed by atoms with E-state index in [0.29, 0.717) is 17.5 Å². The van der Waals surface area contributed by atoms with Crippen LogP contribution in [0.2, 0.25) is 0 Å². The summed E-state index contributed by atoms with van der Waals surface area (Å²) in [6.45, 7) is 2.13. The highest BCUT2D eigenvalue weighted by Crippen LogP contribution is 2.30. The Hall–Kier alpha value is -4.96. The first-order chi connectivity index (χ1) is 18.2. The van der Waals surface area contributed by atoms with Crippen LogP contribution >= 0.6 is 0 Å². The smallest absolute Gasteiger partial charge is 0.164 e. The molecule has 0 saturated carbocycles. The highest BCUT2D eigenvalue weighted by molar-refractivity contribution is 5.74. The van der Waals surface area contributed by atoms with Gasteiger partial charge >= 0.3 is 0 Å². The van der Waals surface area contributed by atoms with E-state index < -0.39 is 0 Å². The minimum atomic E-state index is 0.632. The average molecular weight is 477 g/mol. The summed E-state index contributed by atoms with van der Waals surface area (Å²) in [5, 5.41) is 0. The Labute approximate surface area is 216 Å². The molecule has 0 fully saturated rings. The van der Waals surface area contributed by atoms with Crippen molar-refractivity contribution in [1.29, 1.82) is 0 Å². The second-order valence-electron chi connectivity index (χ2n) is 8.87. The highest BCUT2D eigenvalue weighted by Gasteiger charge is 2.13. The van der Waals surface area contributed by atoms with Crippen LogP contribution < -0.4 is 0 Å². The number of rotatable bonds is 5. The van der Waals surface area contributed by atoms with Crippen molar-refractivity contribution in [2.45, 2.75) is 6.92 Å². The first-order valence-electron chi connectivity index (χ1n) is 12.2. The molecule has 0 aliphatic rings.